The van der Waals surface area contributed by atoms with Gasteiger partial charge >= 0.3 is 0 Å². The van der Waals surface area contributed by atoms with Gasteiger partial charge in [-0.05, 0) is 131 Å². The summed E-state index contributed by atoms with van der Waals surface area (Å²) in [5.41, 5.74) is 35.6. The fourth-order valence-corrected chi connectivity index (χ4v) is 9.26. The first-order chi connectivity index (χ1) is 57.0. The molecule has 50 heteroatoms. The van der Waals surface area contributed by atoms with Crippen molar-refractivity contribution in [2.45, 2.75) is 292 Å². The van der Waals surface area contributed by atoms with E-state index in [4.69, 9.17) is 44.3 Å². The molecule has 0 atom stereocenters. The minimum atomic E-state index is -0.0697. The third-order valence-corrected chi connectivity index (χ3v) is 15.1. The SMILES string of the molecule is CC(C)c1n[nH]c(CO)n1.CC(C)n1nc(N=[N+]=[N-])nc1NCCO.CCCn1nc(N=[N+]=[N-])nc1C(C)C.CCCn1ncnc1C(C)C.CNc1n[nH]c(C(C)C)n1.CNc1nc(N)n(C(C)C)n1.CNc1nc(NN)n(C(C)C)n1.Cc1nc(C(C)C)n[nH]1.Cc1nc(C(C)C)n[nH]1.Cc1nc(N)n(C(C)C)n1.Cc1nc(N)n(C(C)C)n1. The van der Waals surface area contributed by atoms with E-state index in [1.54, 1.807) is 55.6 Å². The number of nitrogens with one attached hydrogen (secondary N) is 9. The zero-order chi connectivity index (χ0) is 91.9. The number of aliphatic hydroxyl groups excluding tert-OH is 2. The van der Waals surface area contributed by atoms with Crippen LogP contribution in [0.4, 0.5) is 59.5 Å². The van der Waals surface area contributed by atoms with Crippen LogP contribution in [-0.4, -0.2) is 209 Å². The number of hydrazine groups is 1. The Morgan fingerprint density at radius 3 is 1.17 bits per heavy atom. The normalized spacial score (nSPS) is 10.6. The van der Waals surface area contributed by atoms with Crippen molar-refractivity contribution in [3.8, 4) is 0 Å². The highest BCUT2D eigenvalue weighted by atomic mass is 16.3. The van der Waals surface area contributed by atoms with Gasteiger partial charge in [0.2, 0.25) is 59.5 Å². The van der Waals surface area contributed by atoms with Crippen LogP contribution in [0.3, 0.4) is 0 Å². The number of aryl methyl sites for hydroxylation is 6. The minimum absolute atomic E-state index is 0.00179. The van der Waals surface area contributed by atoms with E-state index < -0.39 is 0 Å². The zero-order valence-electron chi connectivity index (χ0n) is 76.7. The smallest absolute Gasteiger partial charge is 0.243 e. The van der Waals surface area contributed by atoms with Crippen molar-refractivity contribution >= 4 is 59.5 Å². The second-order valence-electron chi connectivity index (χ2n) is 29.6. The lowest BCUT2D eigenvalue weighted by Crippen LogP contribution is -2.15. The van der Waals surface area contributed by atoms with Gasteiger partial charge in [-0.1, -0.05) is 96.9 Å². The molecule has 674 valence electrons. The molecule has 0 saturated carbocycles. The molecule has 11 rings (SSSR count). The molecule has 11 aromatic heterocycles. The monoisotopic (exact) mass is 1700 g/mol. The van der Waals surface area contributed by atoms with Gasteiger partial charge in [0.25, 0.3) is 0 Å². The summed E-state index contributed by atoms with van der Waals surface area (Å²) in [5, 5.41) is 90.8. The summed E-state index contributed by atoms with van der Waals surface area (Å²) in [4.78, 5) is 50.0. The maximum atomic E-state index is 8.67. The predicted molar refractivity (Wildman–Crippen MR) is 470 cm³/mol. The van der Waals surface area contributed by atoms with Gasteiger partial charge in [0.1, 0.15) is 59.5 Å². The summed E-state index contributed by atoms with van der Waals surface area (Å²) < 4.78 is 12.2. The molecule has 0 amide bonds. The van der Waals surface area contributed by atoms with Crippen LogP contribution in [0.5, 0.6) is 0 Å². The van der Waals surface area contributed by atoms with Gasteiger partial charge in [-0.15, -0.1) is 25.5 Å². The Morgan fingerprint density at radius 1 is 0.438 bits per heavy atom. The lowest BCUT2D eigenvalue weighted by atomic mass is 10.2. The second-order valence-corrected chi connectivity index (χ2v) is 29.6. The number of aromatic nitrogens is 33. The number of aliphatic hydroxyl groups is 2. The van der Waals surface area contributed by atoms with E-state index in [0.29, 0.717) is 102 Å². The van der Waals surface area contributed by atoms with E-state index in [2.05, 4.69) is 247 Å². The molecule has 11 heterocycles. The molecule has 19 N–H and O–H groups in total. The van der Waals surface area contributed by atoms with Crippen molar-refractivity contribution in [3.05, 3.63) is 91.3 Å². The fourth-order valence-electron chi connectivity index (χ4n) is 9.26. The first-order valence-corrected chi connectivity index (χ1v) is 40.1. The van der Waals surface area contributed by atoms with Gasteiger partial charge in [0.05, 0.1) is 36.8 Å². The highest BCUT2D eigenvalue weighted by Crippen LogP contribution is 2.20. The third kappa shape index (κ3) is 38.8. The van der Waals surface area contributed by atoms with E-state index in [9.17, 15) is 0 Å². The third-order valence-electron chi connectivity index (χ3n) is 15.1. The molecular formula is C71H138N48O2. The van der Waals surface area contributed by atoms with Crippen molar-refractivity contribution in [2.75, 3.05) is 78.2 Å². The minimum Gasteiger partial charge on any atom is -0.395 e. The van der Waals surface area contributed by atoms with Crippen molar-refractivity contribution < 1.29 is 10.2 Å². The summed E-state index contributed by atoms with van der Waals surface area (Å²) in [5.74, 6) is 21.4. The van der Waals surface area contributed by atoms with Crippen LogP contribution in [0.2, 0.25) is 0 Å². The number of nitrogens with two attached hydrogens (primary N) is 4. The number of nitrogen functional groups attached to an aromatic ring is 4. The van der Waals surface area contributed by atoms with Gasteiger partial charge in [-0.2, -0.15) is 60.5 Å². The molecule has 0 aliphatic carbocycles. The number of azide groups is 2. The Bertz CT molecular complexity index is 4520. The topological polar surface area (TPSA) is 683 Å². The van der Waals surface area contributed by atoms with E-state index in [1.807, 2.05) is 129 Å². The quantitative estimate of drug-likeness (QED) is 0.00831. The number of H-pyrrole nitrogens is 4. The average Bonchev–Trinajstić information content (AvgIpc) is 1.71. The number of anilines is 8. The van der Waals surface area contributed by atoms with Crippen LogP contribution in [0.25, 0.3) is 20.9 Å². The Hall–Kier alpha value is -12.6. The van der Waals surface area contributed by atoms with Crippen molar-refractivity contribution in [3.63, 3.8) is 0 Å². The zero-order valence-corrected chi connectivity index (χ0v) is 76.7. The van der Waals surface area contributed by atoms with Crippen LogP contribution < -0.4 is 49.7 Å². The van der Waals surface area contributed by atoms with Gasteiger partial charge in [-0.25, -0.2) is 63.5 Å². The predicted octanol–water partition coefficient (Wildman–Crippen LogP) is 11.8. The maximum absolute atomic E-state index is 8.67. The number of nitrogens with zero attached hydrogens (tertiary/aromatic N) is 35. The van der Waals surface area contributed by atoms with Gasteiger partial charge in [0, 0.05) is 86.1 Å². The van der Waals surface area contributed by atoms with Crippen LogP contribution in [-0.2, 0) is 19.7 Å². The molecule has 0 saturated heterocycles. The second kappa shape index (κ2) is 56.0. The first-order valence-electron chi connectivity index (χ1n) is 40.1. The van der Waals surface area contributed by atoms with Crippen molar-refractivity contribution in [1.29, 1.82) is 0 Å². The van der Waals surface area contributed by atoms with E-state index in [1.165, 1.54) is 0 Å². The van der Waals surface area contributed by atoms with E-state index in [0.717, 1.165) is 84.2 Å². The molecule has 0 fully saturated rings. The summed E-state index contributed by atoms with van der Waals surface area (Å²) >= 11 is 0. The highest BCUT2D eigenvalue weighted by Gasteiger charge is 2.16. The Kier molecular flexibility index (Phi) is 49.3. The molecular weight excluding hydrogens is 1560 g/mol. The van der Waals surface area contributed by atoms with Crippen LogP contribution >= 0.6 is 0 Å². The molecule has 0 spiro atoms. The van der Waals surface area contributed by atoms with E-state index >= 15 is 0 Å². The lowest BCUT2D eigenvalue weighted by Gasteiger charge is -2.09. The molecule has 50 nitrogen and oxygen atoms in total. The molecule has 121 heavy (non-hydrogen) atoms. The Morgan fingerprint density at radius 2 is 0.860 bits per heavy atom. The molecule has 0 aliphatic heterocycles. The summed E-state index contributed by atoms with van der Waals surface area (Å²) in [6.07, 6.45) is 3.73. The fraction of sp³-hybridized carbons (Fsp3) is 0.690. The van der Waals surface area contributed by atoms with E-state index in [-0.39, 0.29) is 49.2 Å². The largest absolute Gasteiger partial charge is 0.395 e. The molecule has 0 unspecified atom stereocenters. The lowest BCUT2D eigenvalue weighted by molar-refractivity contribution is 0.271. The Labute approximate surface area is 708 Å². The Balaban J connectivity index is 0.000000668. The maximum Gasteiger partial charge on any atom is 0.243 e. The average molecular weight is 1700 g/mol. The number of aromatic amines is 4. The highest BCUT2D eigenvalue weighted by molar-refractivity contribution is 5.34. The number of hydrogen-bond donors (Lipinski definition) is 15. The molecule has 11 aromatic rings. The van der Waals surface area contributed by atoms with Crippen molar-refractivity contribution in [1.82, 2.24) is 164 Å². The van der Waals surface area contributed by atoms with Crippen molar-refractivity contribution in [2.24, 2.45) is 16.1 Å². The summed E-state index contributed by atoms with van der Waals surface area (Å²) in [6.45, 7) is 58.5. The molecule has 0 radical (unpaired) electrons. The summed E-state index contributed by atoms with van der Waals surface area (Å²) in [6, 6.07) is 1.18. The van der Waals surface area contributed by atoms with Gasteiger partial charge in [-0.3, -0.25) is 25.8 Å². The first kappa shape index (κ1) is 106. The standard InChI is InChI=1S/C8H14N6.C8H15N3.C7H13N7O.C6H14N6.C6H13N5.3C6H12N4.C6H11N3O.2C6H11N3/c1-4-5-14-7(6(2)3)10-8(12-14)11-13-9;1-4-5-11-8(7(2)3)9-6-10-11;1-5(2)14-7(9-3-4-15)10-6(12-14)11-13-8;1-4(2)12-6(10-7)9-5(8-3)11-12;1-4(2)11-5(7)9-6(8-3)10-11;1-4(2)5-8-6(7-3)10-9-5;2*1-4(2)10-6(7)8-5(3)9-10;1-4(2)6-7-5(3-10)8-9-6;2*1-4(2)6-7-5(3)8-9-6/h6H,4-5H2,1-3H3;6-7H,4-5H2,1-3H3;5,15H,3-4H2,1-2H3,(H,9,10,12);4H,7H2,1-3H3,(H2,8,9,10,11);4H,1-3H3,(H3,7,8,9,10);4H,1-3H3,(H2,7,8,9,10);2*4H,1-3H3,(H2,7,8,9);4,10H,3H2,1-2H3,(H,7,8,9);2*4H,1-3H3,(H,7,8,9). The molecule has 0 bridgehead atoms. The van der Waals surface area contributed by atoms with Crippen LogP contribution in [0, 0.1) is 27.7 Å². The van der Waals surface area contributed by atoms with Gasteiger partial charge < -0.3 is 48.7 Å². The van der Waals surface area contributed by atoms with Crippen LogP contribution in [0.15, 0.2) is 16.6 Å². The summed E-state index contributed by atoms with van der Waals surface area (Å²) in [7, 11) is 5.33. The molecule has 0 aromatic carbocycles. The number of hydrogen-bond acceptors (Lipinski definition) is 35. The molecule has 0 aliphatic rings. The number of rotatable bonds is 25. The van der Waals surface area contributed by atoms with Crippen LogP contribution in [0.1, 0.15) is 309 Å². The van der Waals surface area contributed by atoms with Gasteiger partial charge in [0.15, 0.2) is 17.5 Å².